The second kappa shape index (κ2) is 8.76. The number of primary amides is 1. The van der Waals surface area contributed by atoms with E-state index in [1.165, 1.54) is 11.0 Å². The first kappa shape index (κ1) is 23.5. The maximum absolute atomic E-state index is 14.3. The Hall–Kier alpha value is -2.16. The topological polar surface area (TPSA) is 102 Å². The Kier molecular flexibility index (Phi) is 6.64. The number of carbonyl (C=O) groups excluding carboxylic acids is 3. The summed E-state index contributed by atoms with van der Waals surface area (Å²) in [6.07, 6.45) is 1.99. The lowest BCUT2D eigenvalue weighted by Crippen LogP contribution is -2.68. The number of nitrogens with one attached hydrogen (secondary N) is 1. The van der Waals surface area contributed by atoms with Gasteiger partial charge in [-0.3, -0.25) is 14.5 Å². The van der Waals surface area contributed by atoms with Crippen molar-refractivity contribution in [2.75, 3.05) is 6.54 Å². The van der Waals surface area contributed by atoms with Crippen LogP contribution in [0.3, 0.4) is 0 Å². The number of hydrogen-bond acceptors (Lipinski definition) is 4. The first-order chi connectivity index (χ1) is 14.4. The summed E-state index contributed by atoms with van der Waals surface area (Å²) in [5.74, 6) is -1.38. The molecule has 31 heavy (non-hydrogen) atoms. The number of fused-ring (bicyclic) bond motifs is 3. The second-order valence-electron chi connectivity index (χ2n) is 9.43. The highest BCUT2D eigenvalue weighted by Gasteiger charge is 2.54. The van der Waals surface area contributed by atoms with Gasteiger partial charge in [-0.2, -0.15) is 0 Å². The van der Waals surface area contributed by atoms with E-state index in [0.717, 1.165) is 12.8 Å². The van der Waals surface area contributed by atoms with Crippen LogP contribution in [0.15, 0.2) is 22.7 Å². The van der Waals surface area contributed by atoms with Crippen LogP contribution in [0, 0.1) is 11.7 Å². The van der Waals surface area contributed by atoms with Gasteiger partial charge in [-0.05, 0) is 70.1 Å². The third-order valence-corrected chi connectivity index (χ3v) is 6.51. The van der Waals surface area contributed by atoms with Gasteiger partial charge in [0, 0.05) is 17.4 Å². The molecule has 2 heterocycles. The number of nitrogens with zero attached hydrogens (tertiary/aromatic N) is 1. The fourth-order valence-corrected chi connectivity index (χ4v) is 4.71. The maximum Gasteiger partial charge on any atom is 0.411 e. The van der Waals surface area contributed by atoms with Crippen molar-refractivity contribution in [3.05, 3.63) is 34.1 Å². The Labute approximate surface area is 190 Å². The molecular formula is C22H29BrFN3O4. The number of rotatable bonds is 5. The van der Waals surface area contributed by atoms with E-state index in [9.17, 15) is 18.8 Å². The monoisotopic (exact) mass is 497 g/mol. The van der Waals surface area contributed by atoms with Crippen molar-refractivity contribution in [2.24, 2.45) is 11.7 Å². The average Bonchev–Trinajstić information content (AvgIpc) is 2.68. The molecule has 3 amide bonds. The fraction of sp³-hybridized carbons (Fsp3) is 0.591. The predicted molar refractivity (Wildman–Crippen MR) is 117 cm³/mol. The summed E-state index contributed by atoms with van der Waals surface area (Å²) in [6, 6.07) is 3.39. The first-order valence-corrected chi connectivity index (χ1v) is 11.3. The zero-order chi connectivity index (χ0) is 23.0. The van der Waals surface area contributed by atoms with E-state index in [4.69, 9.17) is 10.5 Å². The predicted octanol–water partition coefficient (Wildman–Crippen LogP) is 3.28. The molecular weight excluding hydrogens is 469 g/mol. The molecule has 0 radical (unpaired) electrons. The maximum atomic E-state index is 14.3. The Morgan fingerprint density at radius 2 is 1.97 bits per heavy atom. The molecule has 4 rings (SSSR count). The van der Waals surface area contributed by atoms with Crippen LogP contribution in [0.25, 0.3) is 0 Å². The molecule has 0 aromatic heterocycles. The van der Waals surface area contributed by atoms with Crippen LogP contribution in [-0.2, 0) is 20.7 Å². The normalized spacial score (nSPS) is 23.9. The highest BCUT2D eigenvalue weighted by Crippen LogP contribution is 2.44. The number of nitrogens with two attached hydrogens (primary N) is 1. The molecule has 1 aromatic carbocycles. The SMILES string of the molecule is CC(C)(C)OC(=O)N1CC2CCC1(C(=O)N[C@@H](Cc1ccc(Br)cc1F)C(N)=O)CC2. The van der Waals surface area contributed by atoms with Gasteiger partial charge in [0.05, 0.1) is 0 Å². The Morgan fingerprint density at radius 3 is 2.52 bits per heavy atom. The lowest BCUT2D eigenvalue weighted by molar-refractivity contribution is -0.144. The zero-order valence-electron chi connectivity index (χ0n) is 18.0. The number of halogens is 2. The van der Waals surface area contributed by atoms with Crippen LogP contribution in [0.2, 0.25) is 0 Å². The van der Waals surface area contributed by atoms with Crippen molar-refractivity contribution in [2.45, 2.75) is 70.1 Å². The van der Waals surface area contributed by atoms with Crippen molar-refractivity contribution < 1.29 is 23.5 Å². The number of piperidine rings is 2. The smallest absolute Gasteiger partial charge is 0.411 e. The average molecular weight is 498 g/mol. The zero-order valence-corrected chi connectivity index (χ0v) is 19.6. The summed E-state index contributed by atoms with van der Waals surface area (Å²) in [4.78, 5) is 39.9. The lowest BCUT2D eigenvalue weighted by atomic mass is 9.70. The van der Waals surface area contributed by atoms with Crippen molar-refractivity contribution in [3.8, 4) is 0 Å². The van der Waals surface area contributed by atoms with Gasteiger partial charge in [0.1, 0.15) is 23.0 Å². The van der Waals surface area contributed by atoms with E-state index in [-0.39, 0.29) is 12.0 Å². The molecule has 3 fully saturated rings. The highest BCUT2D eigenvalue weighted by atomic mass is 79.9. The standard InChI is InChI=1S/C22H29BrFN3O4/c1-21(2,3)31-20(30)27-12-13-6-8-22(27,9-7-13)19(29)26-17(18(25)28)10-14-4-5-15(23)11-16(14)24/h4-5,11,13,17H,6-10,12H2,1-3H3,(H2,25,28)(H,26,29)/t13?,17-,22?/m0/s1. The lowest BCUT2D eigenvalue weighted by Gasteiger charge is -2.53. The van der Waals surface area contributed by atoms with Crippen molar-refractivity contribution in [1.29, 1.82) is 0 Å². The number of amides is 3. The van der Waals surface area contributed by atoms with Gasteiger partial charge in [0.25, 0.3) is 0 Å². The van der Waals surface area contributed by atoms with Crippen molar-refractivity contribution in [1.82, 2.24) is 10.2 Å². The van der Waals surface area contributed by atoms with Crippen LogP contribution < -0.4 is 11.1 Å². The number of carbonyl (C=O) groups is 3. The molecule has 1 atom stereocenters. The number of hydrogen-bond donors (Lipinski definition) is 2. The Balaban J connectivity index is 1.81. The second-order valence-corrected chi connectivity index (χ2v) is 10.3. The summed E-state index contributed by atoms with van der Waals surface area (Å²) in [7, 11) is 0. The molecule has 3 N–H and O–H groups in total. The first-order valence-electron chi connectivity index (χ1n) is 10.5. The Bertz CT molecular complexity index is 878. The van der Waals surface area contributed by atoms with Gasteiger partial charge >= 0.3 is 6.09 Å². The summed E-state index contributed by atoms with van der Waals surface area (Å²) < 4.78 is 20.4. The summed E-state index contributed by atoms with van der Waals surface area (Å²) in [5, 5.41) is 2.70. The minimum atomic E-state index is -1.10. The third-order valence-electron chi connectivity index (χ3n) is 6.01. The molecule has 3 aliphatic rings. The fourth-order valence-electron chi connectivity index (χ4n) is 4.38. The number of ether oxygens (including phenoxy) is 1. The van der Waals surface area contributed by atoms with E-state index in [0.29, 0.717) is 29.8 Å². The van der Waals surface area contributed by atoms with Crippen LogP contribution in [0.5, 0.6) is 0 Å². The van der Waals surface area contributed by atoms with E-state index in [2.05, 4.69) is 21.2 Å². The Morgan fingerprint density at radius 1 is 1.32 bits per heavy atom. The quantitative estimate of drug-likeness (QED) is 0.651. The molecule has 2 aliphatic heterocycles. The molecule has 1 aromatic rings. The third kappa shape index (κ3) is 5.19. The minimum absolute atomic E-state index is 0.0780. The summed E-state index contributed by atoms with van der Waals surface area (Å²) in [6.45, 7) is 5.76. The molecule has 170 valence electrons. The highest BCUT2D eigenvalue weighted by molar-refractivity contribution is 9.10. The molecule has 7 nitrogen and oxygen atoms in total. The van der Waals surface area contributed by atoms with E-state index in [1.54, 1.807) is 32.9 Å². The number of benzene rings is 1. The molecule has 2 bridgehead atoms. The van der Waals surface area contributed by atoms with Gasteiger partial charge in [0.2, 0.25) is 11.8 Å². The van der Waals surface area contributed by atoms with E-state index >= 15 is 0 Å². The minimum Gasteiger partial charge on any atom is -0.444 e. The molecule has 2 saturated heterocycles. The van der Waals surface area contributed by atoms with Gasteiger partial charge < -0.3 is 15.8 Å². The summed E-state index contributed by atoms with van der Waals surface area (Å²) >= 11 is 3.19. The van der Waals surface area contributed by atoms with Crippen molar-refractivity contribution in [3.63, 3.8) is 0 Å². The van der Waals surface area contributed by atoms with Crippen LogP contribution in [-0.4, -0.2) is 46.5 Å². The molecule has 9 heteroatoms. The van der Waals surface area contributed by atoms with Gasteiger partial charge in [0.15, 0.2) is 0 Å². The van der Waals surface area contributed by atoms with Gasteiger partial charge in [-0.1, -0.05) is 22.0 Å². The van der Waals surface area contributed by atoms with Gasteiger partial charge in [-0.25, -0.2) is 9.18 Å². The van der Waals surface area contributed by atoms with Crippen LogP contribution in [0.4, 0.5) is 9.18 Å². The van der Waals surface area contributed by atoms with Gasteiger partial charge in [-0.15, -0.1) is 0 Å². The van der Waals surface area contributed by atoms with E-state index < -0.39 is 40.9 Å². The molecule has 1 saturated carbocycles. The largest absolute Gasteiger partial charge is 0.444 e. The summed E-state index contributed by atoms with van der Waals surface area (Å²) in [5.41, 5.74) is 4.00. The molecule has 0 spiro atoms. The van der Waals surface area contributed by atoms with Crippen molar-refractivity contribution >= 4 is 33.8 Å². The van der Waals surface area contributed by atoms with Crippen LogP contribution in [0.1, 0.15) is 52.0 Å². The molecule has 0 unspecified atom stereocenters. The van der Waals surface area contributed by atoms with Crippen LogP contribution >= 0.6 is 15.9 Å². The molecule has 1 aliphatic carbocycles. The van der Waals surface area contributed by atoms with E-state index in [1.807, 2.05) is 0 Å².